The van der Waals surface area contributed by atoms with E-state index in [0.29, 0.717) is 0 Å². The fourth-order valence-corrected chi connectivity index (χ4v) is 3.80. The van der Waals surface area contributed by atoms with E-state index in [1.807, 2.05) is 0 Å². The van der Waals surface area contributed by atoms with E-state index in [2.05, 4.69) is 4.98 Å². The molecule has 0 N–H and O–H groups in total. The minimum Gasteiger partial charge on any atom is -0.263 e. The number of hydrogen-bond acceptors (Lipinski definition) is 1. The van der Waals surface area contributed by atoms with Crippen molar-refractivity contribution in [3.8, 4) is 22.3 Å². The first-order chi connectivity index (χ1) is 11.8. The van der Waals surface area contributed by atoms with Gasteiger partial charge < -0.3 is 0 Å². The lowest BCUT2D eigenvalue weighted by atomic mass is 10.0. The molecule has 3 rings (SSSR count). The van der Waals surface area contributed by atoms with Gasteiger partial charge in [-0.15, -0.1) is 0 Å². The Kier molecular flexibility index (Phi) is 5.69. The molecule has 0 radical (unpaired) electrons. The molecule has 0 amide bonds. The van der Waals surface area contributed by atoms with Crippen LogP contribution in [0, 0.1) is 5.82 Å². The largest absolute Gasteiger partial charge is 0.263 e. The quantitative estimate of drug-likeness (QED) is 0.353. The molecule has 0 atom stereocenters. The normalized spacial score (nSPS) is 11.0. The SMILES string of the molecule is Fc1c(-c2c(Cl)ccc(Cl)c2Cl)cncc1-c1c(Cl)ccc(Cl)c1Cl. The first-order valence-corrected chi connectivity index (χ1v) is 9.01. The number of halogens is 7. The van der Waals surface area contributed by atoms with Crippen LogP contribution in [0.15, 0.2) is 36.7 Å². The van der Waals surface area contributed by atoms with Crippen LogP contribution in [0.5, 0.6) is 0 Å². The number of pyridine rings is 1. The van der Waals surface area contributed by atoms with E-state index in [9.17, 15) is 0 Å². The summed E-state index contributed by atoms with van der Waals surface area (Å²) in [4.78, 5) is 4.06. The van der Waals surface area contributed by atoms with Crippen LogP contribution in [0.4, 0.5) is 4.39 Å². The van der Waals surface area contributed by atoms with Crippen LogP contribution in [-0.4, -0.2) is 4.98 Å². The predicted molar refractivity (Wildman–Crippen MR) is 105 cm³/mol. The third kappa shape index (κ3) is 3.44. The Balaban J connectivity index is 2.32. The van der Waals surface area contributed by atoms with Gasteiger partial charge >= 0.3 is 0 Å². The highest BCUT2D eigenvalue weighted by atomic mass is 35.5. The molecule has 0 aliphatic heterocycles. The number of aromatic nitrogens is 1. The lowest BCUT2D eigenvalue weighted by Crippen LogP contribution is -1.95. The fourth-order valence-electron chi connectivity index (χ4n) is 2.34. The minimum absolute atomic E-state index is 0.0714. The summed E-state index contributed by atoms with van der Waals surface area (Å²) in [6.07, 6.45) is 2.60. The second kappa shape index (κ2) is 7.48. The molecule has 1 nitrogen and oxygen atoms in total. The monoisotopic (exact) mass is 453 g/mol. The van der Waals surface area contributed by atoms with Crippen LogP contribution in [-0.2, 0) is 0 Å². The second-order valence-electron chi connectivity index (χ2n) is 4.98. The van der Waals surface area contributed by atoms with Crippen molar-refractivity contribution in [3.05, 3.63) is 72.6 Å². The zero-order chi connectivity index (χ0) is 18.3. The number of nitrogens with zero attached hydrogens (tertiary/aromatic N) is 1. The van der Waals surface area contributed by atoms with Gasteiger partial charge in [-0.05, 0) is 24.3 Å². The van der Waals surface area contributed by atoms with Gasteiger partial charge in [0.25, 0.3) is 0 Å². The van der Waals surface area contributed by atoms with Crippen molar-refractivity contribution in [2.45, 2.75) is 0 Å². The first-order valence-electron chi connectivity index (χ1n) is 6.74. The Morgan fingerprint density at radius 1 is 0.600 bits per heavy atom. The molecule has 0 unspecified atom stereocenters. The molecule has 1 heterocycles. The van der Waals surface area contributed by atoms with Crippen LogP contribution in [0.1, 0.15) is 0 Å². The molecule has 0 saturated heterocycles. The molecule has 0 bridgehead atoms. The molecule has 0 saturated carbocycles. The maximum atomic E-state index is 15.3. The zero-order valence-electron chi connectivity index (χ0n) is 12.1. The van der Waals surface area contributed by atoms with Gasteiger partial charge in [0.15, 0.2) is 0 Å². The van der Waals surface area contributed by atoms with Gasteiger partial charge in [0.1, 0.15) is 5.82 Å². The highest BCUT2D eigenvalue weighted by molar-refractivity contribution is 6.47. The van der Waals surface area contributed by atoms with E-state index in [-0.39, 0.29) is 52.4 Å². The Labute approximate surface area is 173 Å². The molecule has 128 valence electrons. The highest BCUT2D eigenvalue weighted by Crippen LogP contribution is 2.44. The van der Waals surface area contributed by atoms with E-state index in [1.165, 1.54) is 36.7 Å². The van der Waals surface area contributed by atoms with Gasteiger partial charge in [-0.2, -0.15) is 0 Å². The summed E-state index contributed by atoms with van der Waals surface area (Å²) in [6, 6.07) is 6.10. The lowest BCUT2D eigenvalue weighted by molar-refractivity contribution is 0.633. The molecule has 2 aromatic carbocycles. The van der Waals surface area contributed by atoms with Crippen LogP contribution in [0.25, 0.3) is 22.3 Å². The van der Waals surface area contributed by atoms with E-state index in [1.54, 1.807) is 0 Å². The van der Waals surface area contributed by atoms with E-state index in [4.69, 9.17) is 69.6 Å². The van der Waals surface area contributed by atoms with E-state index in [0.717, 1.165) is 0 Å². The third-order valence-electron chi connectivity index (χ3n) is 3.51. The summed E-state index contributed by atoms with van der Waals surface area (Å²) >= 11 is 36.8. The highest BCUT2D eigenvalue weighted by Gasteiger charge is 2.22. The summed E-state index contributed by atoms with van der Waals surface area (Å²) in [5, 5.41) is 1.19. The van der Waals surface area contributed by atoms with Crippen LogP contribution >= 0.6 is 69.6 Å². The Morgan fingerprint density at radius 2 is 0.960 bits per heavy atom. The molecule has 0 aliphatic rings. The van der Waals surface area contributed by atoms with Crippen molar-refractivity contribution in [2.24, 2.45) is 0 Å². The number of rotatable bonds is 2. The smallest absolute Gasteiger partial charge is 0.142 e. The van der Waals surface area contributed by atoms with Gasteiger partial charge in [0.2, 0.25) is 0 Å². The first kappa shape index (κ1) is 19.0. The zero-order valence-corrected chi connectivity index (χ0v) is 16.6. The molecule has 0 spiro atoms. The van der Waals surface area contributed by atoms with Crippen molar-refractivity contribution in [1.82, 2.24) is 4.98 Å². The van der Waals surface area contributed by atoms with Crippen molar-refractivity contribution < 1.29 is 4.39 Å². The molecular weight excluding hydrogens is 450 g/mol. The van der Waals surface area contributed by atoms with Gasteiger partial charge in [0, 0.05) is 34.6 Å². The molecular formula is C17H6Cl6FN. The van der Waals surface area contributed by atoms with Crippen molar-refractivity contribution in [1.29, 1.82) is 0 Å². The summed E-state index contributed by atoms with van der Waals surface area (Å²) in [5.74, 6) is -0.646. The van der Waals surface area contributed by atoms with Gasteiger partial charge in [-0.1, -0.05) is 69.6 Å². The Morgan fingerprint density at radius 3 is 1.36 bits per heavy atom. The number of benzene rings is 2. The number of hydrogen-bond donors (Lipinski definition) is 0. The van der Waals surface area contributed by atoms with Crippen molar-refractivity contribution >= 4 is 69.6 Å². The van der Waals surface area contributed by atoms with Gasteiger partial charge in [-0.25, -0.2) is 4.39 Å². The topological polar surface area (TPSA) is 12.9 Å². The summed E-state index contributed by atoms with van der Waals surface area (Å²) in [6.45, 7) is 0. The molecule has 0 aliphatic carbocycles. The summed E-state index contributed by atoms with van der Waals surface area (Å²) < 4.78 is 15.3. The molecule has 0 fully saturated rings. The standard InChI is InChI=1S/C17H6Cl6FN/c18-9-1-3-11(20)15(22)13(9)7-5-25-6-8(17(7)24)14-10(19)2-4-12(21)16(14)23/h1-6H. The average Bonchev–Trinajstić information content (AvgIpc) is 2.58. The van der Waals surface area contributed by atoms with Crippen molar-refractivity contribution in [3.63, 3.8) is 0 Å². The summed E-state index contributed by atoms with van der Waals surface area (Å²) in [7, 11) is 0. The fraction of sp³-hybridized carbons (Fsp3) is 0. The van der Waals surface area contributed by atoms with Gasteiger partial charge in [-0.3, -0.25) is 4.98 Å². The Bertz CT molecular complexity index is 914. The van der Waals surface area contributed by atoms with Crippen LogP contribution < -0.4 is 0 Å². The maximum absolute atomic E-state index is 15.3. The van der Waals surface area contributed by atoms with Gasteiger partial charge in [0.05, 0.1) is 30.1 Å². The minimum atomic E-state index is -0.646. The lowest BCUT2D eigenvalue weighted by Gasteiger charge is -2.14. The summed E-state index contributed by atoms with van der Waals surface area (Å²) in [5.41, 5.74) is 0.609. The third-order valence-corrected chi connectivity index (χ3v) is 5.75. The average molecular weight is 456 g/mol. The molecule has 8 heteroatoms. The molecule has 1 aromatic heterocycles. The maximum Gasteiger partial charge on any atom is 0.142 e. The molecule has 3 aromatic rings. The predicted octanol–water partition coefficient (Wildman–Crippen LogP) is 8.48. The van der Waals surface area contributed by atoms with Crippen molar-refractivity contribution in [2.75, 3.05) is 0 Å². The van der Waals surface area contributed by atoms with Crippen LogP contribution in [0.3, 0.4) is 0 Å². The van der Waals surface area contributed by atoms with E-state index < -0.39 is 5.82 Å². The molecule has 25 heavy (non-hydrogen) atoms. The Hall–Kier alpha value is -0.740. The van der Waals surface area contributed by atoms with Crippen LogP contribution in [0.2, 0.25) is 30.1 Å². The second-order valence-corrected chi connectivity index (χ2v) is 7.37. The van der Waals surface area contributed by atoms with E-state index >= 15 is 4.39 Å².